The smallest absolute Gasteiger partial charge is 0.256 e. The van der Waals surface area contributed by atoms with Crippen molar-refractivity contribution in [2.75, 3.05) is 12.8 Å². The van der Waals surface area contributed by atoms with Gasteiger partial charge in [-0.3, -0.25) is 4.68 Å². The fourth-order valence-electron chi connectivity index (χ4n) is 1.64. The Hall–Kier alpha value is -1.19. The molecule has 0 fully saturated rings. The summed E-state index contributed by atoms with van der Waals surface area (Å²) in [5, 5.41) is 4.24. The van der Waals surface area contributed by atoms with Gasteiger partial charge in [-0.2, -0.15) is 0 Å². The molecule has 4 heteroatoms. The number of methoxy groups -OCH3 is 1. The Morgan fingerprint density at radius 2 is 2.33 bits per heavy atom. The van der Waals surface area contributed by atoms with E-state index in [0.29, 0.717) is 5.88 Å². The zero-order valence-corrected chi connectivity index (χ0v) is 7.21. The molecule has 0 bridgehead atoms. The van der Waals surface area contributed by atoms with Gasteiger partial charge in [-0.15, -0.1) is 5.10 Å². The van der Waals surface area contributed by atoms with Gasteiger partial charge < -0.3 is 10.5 Å². The molecule has 0 saturated heterocycles. The average molecular weight is 167 g/mol. The summed E-state index contributed by atoms with van der Waals surface area (Å²) in [5.41, 5.74) is 7.68. The van der Waals surface area contributed by atoms with Gasteiger partial charge in [0, 0.05) is 6.54 Å². The summed E-state index contributed by atoms with van der Waals surface area (Å²) in [4.78, 5) is 0. The van der Waals surface area contributed by atoms with Crippen LogP contribution < -0.4 is 10.5 Å². The Bertz CT molecular complexity index is 293. The van der Waals surface area contributed by atoms with Crippen molar-refractivity contribution in [2.24, 2.45) is 0 Å². The van der Waals surface area contributed by atoms with E-state index in [-0.39, 0.29) is 0 Å². The molecule has 2 N–H and O–H groups in total. The van der Waals surface area contributed by atoms with Crippen LogP contribution in [-0.2, 0) is 13.0 Å². The molecule has 12 heavy (non-hydrogen) atoms. The minimum absolute atomic E-state index is 0.576. The first-order chi connectivity index (χ1) is 5.83. The summed E-state index contributed by atoms with van der Waals surface area (Å²) in [6, 6.07) is 0. The van der Waals surface area contributed by atoms with E-state index >= 15 is 0 Å². The molecule has 66 valence electrons. The molecule has 1 aromatic rings. The van der Waals surface area contributed by atoms with Crippen molar-refractivity contribution in [2.45, 2.75) is 25.8 Å². The van der Waals surface area contributed by atoms with Crippen LogP contribution in [0.2, 0.25) is 0 Å². The normalized spacial score (nSPS) is 15.8. The number of fused-ring (bicyclic) bond motifs is 1. The highest BCUT2D eigenvalue weighted by Crippen LogP contribution is 2.28. The lowest BCUT2D eigenvalue weighted by atomic mass is 10.1. The molecular formula is C8H13N3O. The minimum Gasteiger partial charge on any atom is -0.478 e. The van der Waals surface area contributed by atoms with E-state index < -0.39 is 0 Å². The van der Waals surface area contributed by atoms with Gasteiger partial charge in [0.05, 0.1) is 12.8 Å². The molecular weight excluding hydrogens is 154 g/mol. The molecule has 1 aromatic heterocycles. The van der Waals surface area contributed by atoms with Crippen molar-refractivity contribution in [1.29, 1.82) is 0 Å². The van der Waals surface area contributed by atoms with Crippen molar-refractivity contribution >= 4 is 5.69 Å². The van der Waals surface area contributed by atoms with E-state index in [4.69, 9.17) is 10.5 Å². The molecule has 0 radical (unpaired) electrons. The van der Waals surface area contributed by atoms with Crippen molar-refractivity contribution in [1.82, 2.24) is 9.78 Å². The van der Waals surface area contributed by atoms with Crippen molar-refractivity contribution < 1.29 is 4.74 Å². The Morgan fingerprint density at radius 3 is 3.00 bits per heavy atom. The van der Waals surface area contributed by atoms with Crippen LogP contribution in [0.5, 0.6) is 5.88 Å². The number of hydrogen-bond donors (Lipinski definition) is 1. The molecule has 2 rings (SSSR count). The van der Waals surface area contributed by atoms with Gasteiger partial charge >= 0.3 is 0 Å². The van der Waals surface area contributed by atoms with Crippen molar-refractivity contribution in [3.63, 3.8) is 0 Å². The molecule has 0 unspecified atom stereocenters. The van der Waals surface area contributed by atoms with E-state index in [1.165, 1.54) is 12.8 Å². The van der Waals surface area contributed by atoms with Crippen LogP contribution >= 0.6 is 0 Å². The highest BCUT2D eigenvalue weighted by atomic mass is 16.5. The minimum atomic E-state index is 0.576. The number of hydrogen-bond acceptors (Lipinski definition) is 3. The van der Waals surface area contributed by atoms with Crippen LogP contribution in [0.15, 0.2) is 0 Å². The predicted molar refractivity (Wildman–Crippen MR) is 46.1 cm³/mol. The lowest BCUT2D eigenvalue weighted by molar-refractivity contribution is 0.384. The summed E-state index contributed by atoms with van der Waals surface area (Å²) in [5.74, 6) is 0.576. The molecule has 1 aliphatic rings. The number of anilines is 1. The second-order valence-corrected chi connectivity index (χ2v) is 3.05. The van der Waals surface area contributed by atoms with E-state index in [1.54, 1.807) is 7.11 Å². The summed E-state index contributed by atoms with van der Waals surface area (Å²) in [7, 11) is 1.60. The van der Waals surface area contributed by atoms with Gasteiger partial charge in [0.2, 0.25) is 0 Å². The van der Waals surface area contributed by atoms with Gasteiger partial charge in [-0.1, -0.05) is 0 Å². The number of rotatable bonds is 1. The summed E-state index contributed by atoms with van der Waals surface area (Å²) < 4.78 is 7.00. The molecule has 4 nitrogen and oxygen atoms in total. The quantitative estimate of drug-likeness (QED) is 0.673. The number of ether oxygens (including phenoxy) is 1. The largest absolute Gasteiger partial charge is 0.478 e. The summed E-state index contributed by atoms with van der Waals surface area (Å²) >= 11 is 0. The number of aromatic nitrogens is 2. The maximum absolute atomic E-state index is 5.83. The van der Waals surface area contributed by atoms with Gasteiger partial charge in [0.25, 0.3) is 5.88 Å². The van der Waals surface area contributed by atoms with Crippen LogP contribution in [0.25, 0.3) is 0 Å². The number of aryl methyl sites for hydroxylation is 1. The first kappa shape index (κ1) is 7.46. The summed E-state index contributed by atoms with van der Waals surface area (Å²) in [6.07, 6.45) is 3.43. The van der Waals surface area contributed by atoms with Crippen LogP contribution in [-0.4, -0.2) is 16.9 Å². The standard InChI is InChI=1S/C8H13N3O/c1-12-8-7(9)6-4-2-3-5-11(6)10-8/h2-5,9H2,1H3. The highest BCUT2D eigenvalue weighted by molar-refractivity contribution is 5.53. The molecule has 0 aromatic carbocycles. The monoisotopic (exact) mass is 167 g/mol. The van der Waals surface area contributed by atoms with Crippen LogP contribution in [0, 0.1) is 0 Å². The molecule has 2 heterocycles. The first-order valence-corrected chi connectivity index (χ1v) is 4.22. The molecule has 0 spiro atoms. The Kier molecular flexibility index (Phi) is 1.67. The Balaban J connectivity index is 2.44. The maximum Gasteiger partial charge on any atom is 0.256 e. The van der Waals surface area contributed by atoms with E-state index in [0.717, 1.165) is 24.3 Å². The molecule has 0 aliphatic carbocycles. The van der Waals surface area contributed by atoms with Crippen molar-refractivity contribution in [3.8, 4) is 5.88 Å². The molecule has 1 aliphatic heterocycles. The lowest BCUT2D eigenvalue weighted by Crippen LogP contribution is -2.11. The van der Waals surface area contributed by atoms with Crippen LogP contribution in [0.1, 0.15) is 18.5 Å². The third-order valence-corrected chi connectivity index (χ3v) is 2.29. The van der Waals surface area contributed by atoms with Gasteiger partial charge in [-0.05, 0) is 19.3 Å². The topological polar surface area (TPSA) is 53.1 Å². The van der Waals surface area contributed by atoms with Crippen LogP contribution in [0.3, 0.4) is 0 Å². The second-order valence-electron chi connectivity index (χ2n) is 3.05. The third kappa shape index (κ3) is 0.948. The Morgan fingerprint density at radius 1 is 1.50 bits per heavy atom. The van der Waals surface area contributed by atoms with E-state index in [1.807, 2.05) is 4.68 Å². The van der Waals surface area contributed by atoms with E-state index in [9.17, 15) is 0 Å². The fourth-order valence-corrected chi connectivity index (χ4v) is 1.64. The summed E-state index contributed by atoms with van der Waals surface area (Å²) in [6.45, 7) is 0.975. The van der Waals surface area contributed by atoms with Crippen molar-refractivity contribution in [3.05, 3.63) is 5.69 Å². The SMILES string of the molecule is COc1nn2c(c1N)CCCC2. The molecule has 0 saturated carbocycles. The van der Waals surface area contributed by atoms with Crippen LogP contribution in [0.4, 0.5) is 5.69 Å². The fraction of sp³-hybridized carbons (Fsp3) is 0.625. The predicted octanol–water partition coefficient (Wildman–Crippen LogP) is 0.810. The highest BCUT2D eigenvalue weighted by Gasteiger charge is 2.17. The zero-order chi connectivity index (χ0) is 8.55. The van der Waals surface area contributed by atoms with Gasteiger partial charge in [-0.25, -0.2) is 0 Å². The van der Waals surface area contributed by atoms with Gasteiger partial charge in [0.15, 0.2) is 0 Å². The lowest BCUT2D eigenvalue weighted by Gasteiger charge is -2.12. The van der Waals surface area contributed by atoms with Gasteiger partial charge in [0.1, 0.15) is 5.69 Å². The zero-order valence-electron chi connectivity index (χ0n) is 7.21. The van der Waals surface area contributed by atoms with E-state index in [2.05, 4.69) is 5.10 Å². The number of nitrogens with zero attached hydrogens (tertiary/aromatic N) is 2. The maximum atomic E-state index is 5.83. The third-order valence-electron chi connectivity index (χ3n) is 2.29. The molecule has 0 amide bonds. The first-order valence-electron chi connectivity index (χ1n) is 4.22. The number of nitrogens with two attached hydrogens (primary N) is 1. The second kappa shape index (κ2) is 2.69. The number of nitrogen functional groups attached to an aromatic ring is 1. The Labute approximate surface area is 71.3 Å². The molecule has 0 atom stereocenters. The average Bonchev–Trinajstić information content (AvgIpc) is 2.44.